The van der Waals surface area contributed by atoms with Crippen LogP contribution in [0.4, 0.5) is 0 Å². The molecule has 5 heteroatoms. The molecule has 1 radical (unpaired) electrons. The summed E-state index contributed by atoms with van der Waals surface area (Å²) in [5.41, 5.74) is 7.00. The van der Waals surface area contributed by atoms with Crippen molar-refractivity contribution in [3.63, 3.8) is 0 Å². The van der Waals surface area contributed by atoms with Crippen LogP contribution >= 0.6 is 0 Å². The average molecular weight is 96.1 g/mol. The summed E-state index contributed by atoms with van der Waals surface area (Å²) in [5, 5.41) is 10.6. The van der Waals surface area contributed by atoms with E-state index in [9.17, 15) is 0 Å². The molecule has 5 nitrogen and oxygen atoms in total. The second kappa shape index (κ2) is 0.671. The molecule has 2 bridgehead atoms. The first kappa shape index (κ1) is 3.09. The zero-order valence-electron chi connectivity index (χ0n) is 3.37. The van der Waals surface area contributed by atoms with E-state index < -0.39 is 0 Å². The van der Waals surface area contributed by atoms with Crippen molar-refractivity contribution in [1.29, 1.82) is 0 Å². The van der Waals surface area contributed by atoms with Crippen LogP contribution < -0.4 is 5.73 Å². The summed E-state index contributed by atoms with van der Waals surface area (Å²) in [6, 6.07) is 0. The Bertz CT molecular complexity index is 164. The van der Waals surface area contributed by atoms with Gasteiger partial charge in [0.25, 0.3) is 0 Å². The van der Waals surface area contributed by atoms with Gasteiger partial charge >= 0.3 is 0 Å². The number of hydrogen-bond donors (Lipinski definition) is 0. The Morgan fingerprint density at radius 3 is 2.71 bits per heavy atom. The summed E-state index contributed by atoms with van der Waals surface area (Å²) in [7, 11) is 0. The minimum Gasteiger partial charge on any atom is -0.223 e. The van der Waals surface area contributed by atoms with Crippen LogP contribution in [-0.4, -0.2) is 20.2 Å². The Kier molecular flexibility index (Phi) is 0.296. The van der Waals surface area contributed by atoms with E-state index in [1.54, 1.807) is 0 Å². The van der Waals surface area contributed by atoms with Crippen molar-refractivity contribution in [2.75, 3.05) is 0 Å². The van der Waals surface area contributed by atoms with Gasteiger partial charge in [-0.25, -0.2) is 5.73 Å². The fourth-order valence-corrected chi connectivity index (χ4v) is 0.503. The first-order chi connectivity index (χ1) is 3.38. The standard InChI is InChI=1S/C2H2N5/c3-1-2-4-6-7(1)5-2/h1,3H. The highest BCUT2D eigenvalue weighted by Crippen LogP contribution is 2.12. The first-order valence-corrected chi connectivity index (χ1v) is 1.88. The molecule has 0 amide bonds. The molecule has 1 aromatic rings. The third-order valence-electron chi connectivity index (χ3n) is 0.919. The van der Waals surface area contributed by atoms with E-state index >= 15 is 0 Å². The number of rotatable bonds is 0. The summed E-state index contributed by atoms with van der Waals surface area (Å²) >= 11 is 0. The Balaban J connectivity index is 2.69. The molecular formula is C2H2N5. The molecule has 1 unspecified atom stereocenters. The normalized spacial score (nSPS) is 24.4. The molecule has 1 N–H and O–H groups in total. The molecule has 0 fully saturated rings. The maximum atomic E-state index is 7.00. The smallest absolute Gasteiger partial charge is 0.217 e. The molecule has 2 aliphatic heterocycles. The molecule has 3 rings (SSSR count). The van der Waals surface area contributed by atoms with E-state index in [4.69, 9.17) is 5.73 Å². The van der Waals surface area contributed by atoms with Crippen molar-refractivity contribution in [3.8, 4) is 0 Å². The SMILES string of the molecule is [NH]C1c2nnn1n2. The van der Waals surface area contributed by atoms with Crippen molar-refractivity contribution < 1.29 is 0 Å². The van der Waals surface area contributed by atoms with Gasteiger partial charge in [-0.15, -0.1) is 15.0 Å². The second-order valence-corrected chi connectivity index (χ2v) is 1.37. The predicted molar refractivity (Wildman–Crippen MR) is 19.1 cm³/mol. The van der Waals surface area contributed by atoms with Gasteiger partial charge in [0.2, 0.25) is 5.82 Å². The molecule has 1 atom stereocenters. The highest BCUT2D eigenvalue weighted by atomic mass is 15.7. The first-order valence-electron chi connectivity index (χ1n) is 1.88. The Hall–Kier alpha value is -0.970. The third-order valence-corrected chi connectivity index (χ3v) is 0.919. The van der Waals surface area contributed by atoms with Crippen LogP contribution in [0.3, 0.4) is 0 Å². The van der Waals surface area contributed by atoms with Crippen LogP contribution in [0, 0.1) is 0 Å². The van der Waals surface area contributed by atoms with E-state index in [1.165, 1.54) is 4.80 Å². The summed E-state index contributed by atoms with van der Waals surface area (Å²) in [6.45, 7) is 0. The fraction of sp³-hybridized carbons (Fsp3) is 0.500. The van der Waals surface area contributed by atoms with Crippen LogP contribution in [0.2, 0.25) is 0 Å². The Labute approximate surface area is 39.1 Å². The number of hydrogen-bond acceptors (Lipinski definition) is 3. The van der Waals surface area contributed by atoms with E-state index in [0.717, 1.165) is 0 Å². The number of tetrazole rings is 1. The van der Waals surface area contributed by atoms with E-state index in [1.807, 2.05) is 0 Å². The highest BCUT2D eigenvalue weighted by molar-refractivity contribution is 4.93. The van der Waals surface area contributed by atoms with Crippen LogP contribution in [0.25, 0.3) is 0 Å². The number of aromatic nitrogens is 4. The molecule has 0 spiro atoms. The maximum Gasteiger partial charge on any atom is 0.217 e. The molecular weight excluding hydrogens is 94.1 g/mol. The minimum atomic E-state index is -0.389. The van der Waals surface area contributed by atoms with Gasteiger partial charge in [-0.05, 0) is 5.21 Å². The molecule has 0 aliphatic carbocycles. The highest BCUT2D eigenvalue weighted by Gasteiger charge is 2.26. The van der Waals surface area contributed by atoms with Gasteiger partial charge in [-0.1, -0.05) is 0 Å². The van der Waals surface area contributed by atoms with Crippen LogP contribution in [0.1, 0.15) is 12.0 Å². The van der Waals surface area contributed by atoms with Gasteiger partial charge in [0.1, 0.15) is 0 Å². The topological polar surface area (TPSA) is 67.4 Å². The lowest BCUT2D eigenvalue weighted by Crippen LogP contribution is -2.22. The second-order valence-electron chi connectivity index (χ2n) is 1.37. The predicted octanol–water partition coefficient (Wildman–Crippen LogP) is -1.18. The van der Waals surface area contributed by atoms with Crippen LogP contribution in [0.5, 0.6) is 0 Å². The van der Waals surface area contributed by atoms with Crippen LogP contribution in [-0.2, 0) is 0 Å². The molecule has 2 aliphatic rings. The van der Waals surface area contributed by atoms with Crippen molar-refractivity contribution >= 4 is 0 Å². The van der Waals surface area contributed by atoms with Gasteiger partial charge in [-0.2, -0.15) is 0 Å². The zero-order chi connectivity index (χ0) is 4.85. The van der Waals surface area contributed by atoms with Gasteiger partial charge in [0.15, 0.2) is 6.17 Å². The average Bonchev–Trinajstić information content (AvgIpc) is 2.18. The molecule has 0 aromatic carbocycles. The summed E-state index contributed by atoms with van der Waals surface area (Å²) in [4.78, 5) is 1.26. The van der Waals surface area contributed by atoms with Crippen molar-refractivity contribution in [3.05, 3.63) is 5.82 Å². The monoisotopic (exact) mass is 96.0 g/mol. The Morgan fingerprint density at radius 1 is 1.71 bits per heavy atom. The lowest BCUT2D eigenvalue weighted by Gasteiger charge is -2.06. The van der Waals surface area contributed by atoms with Crippen molar-refractivity contribution in [1.82, 2.24) is 25.9 Å². The quantitative estimate of drug-likeness (QED) is 0.408. The van der Waals surface area contributed by atoms with Gasteiger partial charge in [0, 0.05) is 0 Å². The Morgan fingerprint density at radius 2 is 2.57 bits per heavy atom. The zero-order valence-corrected chi connectivity index (χ0v) is 3.37. The number of nitrogens with zero attached hydrogens (tertiary/aromatic N) is 4. The maximum absolute atomic E-state index is 7.00. The summed E-state index contributed by atoms with van der Waals surface area (Å²) < 4.78 is 0. The van der Waals surface area contributed by atoms with Crippen molar-refractivity contribution in [2.24, 2.45) is 0 Å². The number of fused-ring (bicyclic) bond motifs is 1. The third kappa shape index (κ3) is 0.180. The fourth-order valence-electron chi connectivity index (χ4n) is 0.503. The molecule has 3 heterocycles. The molecule has 1 aromatic heterocycles. The molecule has 7 heavy (non-hydrogen) atoms. The summed E-state index contributed by atoms with van der Waals surface area (Å²) in [5.74, 6) is 0.528. The van der Waals surface area contributed by atoms with E-state index in [2.05, 4.69) is 15.4 Å². The number of nitrogens with one attached hydrogen (secondary N) is 1. The lowest BCUT2D eigenvalue weighted by atomic mass is 10.5. The molecule has 35 valence electrons. The molecule has 0 saturated carbocycles. The van der Waals surface area contributed by atoms with Crippen LogP contribution in [0.15, 0.2) is 0 Å². The van der Waals surface area contributed by atoms with E-state index in [0.29, 0.717) is 5.82 Å². The lowest BCUT2D eigenvalue weighted by molar-refractivity contribution is 0.392. The minimum absolute atomic E-state index is 0.389. The van der Waals surface area contributed by atoms with Gasteiger partial charge in [-0.3, -0.25) is 0 Å². The van der Waals surface area contributed by atoms with Gasteiger partial charge in [0.05, 0.1) is 0 Å². The largest absolute Gasteiger partial charge is 0.223 e. The van der Waals surface area contributed by atoms with Gasteiger partial charge < -0.3 is 0 Å². The van der Waals surface area contributed by atoms with Crippen molar-refractivity contribution in [2.45, 2.75) is 6.17 Å². The molecule has 0 saturated heterocycles. The summed E-state index contributed by atoms with van der Waals surface area (Å²) in [6.07, 6.45) is -0.389. The van der Waals surface area contributed by atoms with E-state index in [-0.39, 0.29) is 6.17 Å².